The van der Waals surface area contributed by atoms with E-state index in [4.69, 9.17) is 0 Å². The van der Waals surface area contributed by atoms with Crippen LogP contribution in [0.15, 0.2) is 36.4 Å². The van der Waals surface area contributed by atoms with Crippen molar-refractivity contribution in [1.29, 1.82) is 0 Å². The fraction of sp³-hybridized carbons (Fsp3) is 0.562. The second-order valence-corrected chi connectivity index (χ2v) is 14.2. The van der Waals surface area contributed by atoms with Crippen molar-refractivity contribution in [3.05, 3.63) is 58.7 Å². The van der Waals surface area contributed by atoms with E-state index in [0.29, 0.717) is 0 Å². The zero-order valence-electron chi connectivity index (χ0n) is 24.2. The second-order valence-electron chi connectivity index (χ2n) is 14.2. The fourth-order valence-electron chi connectivity index (χ4n) is 7.64. The van der Waals surface area contributed by atoms with Crippen LogP contribution >= 0.6 is 0 Å². The van der Waals surface area contributed by atoms with E-state index >= 15 is 0 Å². The summed E-state index contributed by atoms with van der Waals surface area (Å²) < 4.78 is 0. The minimum absolute atomic E-state index is 0.109. The minimum Gasteiger partial charge on any atom is -0.478 e. The molecule has 2 fully saturated rings. The fourth-order valence-corrected chi connectivity index (χ4v) is 7.64. The van der Waals surface area contributed by atoms with Gasteiger partial charge in [0, 0.05) is 22.2 Å². The zero-order chi connectivity index (χ0) is 28.3. The number of hydrogen-bond acceptors (Lipinski definition) is 4. The average Bonchev–Trinajstić information content (AvgIpc) is 2.74. The van der Waals surface area contributed by atoms with Crippen molar-refractivity contribution < 1.29 is 19.8 Å². The molecule has 0 atom stereocenters. The first-order chi connectivity index (χ1) is 17.4. The van der Waals surface area contributed by atoms with Crippen molar-refractivity contribution in [2.45, 2.75) is 115 Å². The Hall–Kier alpha value is -2.70. The molecule has 0 aromatic heterocycles. The molecule has 0 radical (unpaired) electrons. The molecule has 6 nitrogen and oxygen atoms in total. The number of hydrogen-bond donors (Lipinski definition) is 4. The number of rotatable bonds is 5. The van der Waals surface area contributed by atoms with Gasteiger partial charge in [-0.15, -0.1) is 0 Å². The van der Waals surface area contributed by atoms with Crippen molar-refractivity contribution in [2.75, 3.05) is 0 Å². The molecule has 38 heavy (non-hydrogen) atoms. The smallest absolute Gasteiger partial charge is 0.335 e. The third kappa shape index (κ3) is 6.13. The van der Waals surface area contributed by atoms with Crippen LogP contribution in [0, 0.1) is 0 Å². The van der Waals surface area contributed by atoms with Gasteiger partial charge < -0.3 is 20.8 Å². The van der Waals surface area contributed by atoms with E-state index in [1.54, 1.807) is 12.1 Å². The maximum atomic E-state index is 12.0. The highest BCUT2D eigenvalue weighted by atomic mass is 16.4. The topological polar surface area (TPSA) is 98.7 Å². The number of nitrogens with one attached hydrogen (secondary N) is 2. The Bertz CT molecular complexity index is 1130. The van der Waals surface area contributed by atoms with Gasteiger partial charge in [0.25, 0.3) is 0 Å². The molecule has 0 unspecified atom stereocenters. The van der Waals surface area contributed by atoms with Crippen molar-refractivity contribution in [2.24, 2.45) is 0 Å². The summed E-state index contributed by atoms with van der Waals surface area (Å²) in [6, 6.07) is 11.0. The van der Waals surface area contributed by atoms with Crippen molar-refractivity contribution in [1.82, 2.24) is 10.6 Å². The van der Waals surface area contributed by atoms with Gasteiger partial charge >= 0.3 is 11.9 Å². The van der Waals surface area contributed by atoms with Crippen LogP contribution in [-0.4, -0.2) is 44.3 Å². The van der Waals surface area contributed by atoms with E-state index in [-0.39, 0.29) is 45.1 Å². The molecule has 0 spiro atoms. The average molecular weight is 521 g/mol. The summed E-state index contributed by atoms with van der Waals surface area (Å²) in [6.45, 7) is 17.6. The summed E-state index contributed by atoms with van der Waals surface area (Å²) in [6.07, 6.45) is 3.51. The molecule has 2 heterocycles. The van der Waals surface area contributed by atoms with E-state index < -0.39 is 11.9 Å². The maximum Gasteiger partial charge on any atom is 0.335 e. The Balaban J connectivity index is 1.93. The molecule has 6 heteroatoms. The Morgan fingerprint density at radius 3 is 1.16 bits per heavy atom. The van der Waals surface area contributed by atoms with Crippen molar-refractivity contribution >= 4 is 11.9 Å². The molecule has 0 aliphatic carbocycles. The summed E-state index contributed by atoms with van der Waals surface area (Å²) in [4.78, 5) is 24.1. The SMILES string of the molecule is CC1(C)CC(c2cc(C(=O)O)ccc2-c2ccc(C(=O)O)cc2C2CC(C)(C)NC(C)(C)C2)CC(C)(C)N1. The molecule has 4 rings (SSSR count). The normalized spacial score (nSPS) is 22.6. The van der Waals surface area contributed by atoms with Gasteiger partial charge in [-0.25, -0.2) is 9.59 Å². The lowest BCUT2D eigenvalue weighted by atomic mass is 9.69. The lowest BCUT2D eigenvalue weighted by Crippen LogP contribution is -2.57. The van der Waals surface area contributed by atoms with Crippen molar-refractivity contribution in [3.63, 3.8) is 0 Å². The standard InChI is InChI=1S/C32H44N2O4/c1-29(2)15-21(16-30(3,4)33-29)25-13-19(27(35)36)9-11-23(25)24-12-10-20(28(37)38)14-26(24)22-17-31(5,6)34-32(7,8)18-22/h9-14,21-22,33-34H,15-18H2,1-8H3,(H,35,36)(H,37,38). The highest BCUT2D eigenvalue weighted by Gasteiger charge is 2.41. The van der Waals surface area contributed by atoms with Gasteiger partial charge in [-0.3, -0.25) is 0 Å². The quantitative estimate of drug-likeness (QED) is 0.346. The number of benzene rings is 2. The number of carboxylic acids is 2. The van der Waals surface area contributed by atoms with Gasteiger partial charge in [0.05, 0.1) is 11.1 Å². The Morgan fingerprint density at radius 1 is 0.605 bits per heavy atom. The number of piperidine rings is 2. The largest absolute Gasteiger partial charge is 0.478 e. The number of carboxylic acid groups (broad SMARTS) is 2. The molecular formula is C32H44N2O4. The Morgan fingerprint density at radius 2 is 0.895 bits per heavy atom. The van der Waals surface area contributed by atoms with Gasteiger partial charge in [-0.05, 0) is 139 Å². The van der Waals surface area contributed by atoms with E-state index in [1.165, 1.54) is 0 Å². The molecule has 0 saturated carbocycles. The molecule has 2 aliphatic heterocycles. The number of carbonyl (C=O) groups is 2. The van der Waals surface area contributed by atoms with Crippen LogP contribution in [0.4, 0.5) is 0 Å². The van der Waals surface area contributed by atoms with Gasteiger partial charge in [-0.1, -0.05) is 12.1 Å². The molecule has 2 aliphatic rings. The van der Waals surface area contributed by atoms with Crippen LogP contribution in [0.5, 0.6) is 0 Å². The molecule has 0 amide bonds. The van der Waals surface area contributed by atoms with E-state index in [0.717, 1.165) is 47.9 Å². The van der Waals surface area contributed by atoms with E-state index in [9.17, 15) is 19.8 Å². The number of aromatic carboxylic acids is 2. The first-order valence-corrected chi connectivity index (χ1v) is 13.7. The Kier molecular flexibility index (Phi) is 7.07. The summed E-state index contributed by atoms with van der Waals surface area (Å²) in [5, 5.41) is 27.2. The molecular weight excluding hydrogens is 476 g/mol. The summed E-state index contributed by atoms with van der Waals surface area (Å²) >= 11 is 0. The zero-order valence-corrected chi connectivity index (χ0v) is 24.2. The van der Waals surface area contributed by atoms with E-state index in [1.807, 2.05) is 24.3 Å². The third-order valence-electron chi connectivity index (χ3n) is 8.15. The summed E-state index contributed by atoms with van der Waals surface area (Å²) in [5.74, 6) is -1.56. The van der Waals surface area contributed by atoms with Gasteiger partial charge in [0.2, 0.25) is 0 Å². The highest BCUT2D eigenvalue weighted by molar-refractivity contribution is 5.91. The molecule has 2 aromatic rings. The second kappa shape index (κ2) is 9.49. The maximum absolute atomic E-state index is 12.0. The van der Waals surface area contributed by atoms with Crippen LogP contribution < -0.4 is 10.6 Å². The predicted molar refractivity (Wildman–Crippen MR) is 152 cm³/mol. The van der Waals surface area contributed by atoms with E-state index in [2.05, 4.69) is 66.0 Å². The lowest BCUT2D eigenvalue weighted by Gasteiger charge is -2.48. The van der Waals surface area contributed by atoms with Crippen molar-refractivity contribution in [3.8, 4) is 11.1 Å². The van der Waals surface area contributed by atoms with Gasteiger partial charge in [0.15, 0.2) is 0 Å². The minimum atomic E-state index is -0.937. The first kappa shape index (κ1) is 28.3. The van der Waals surface area contributed by atoms with Crippen LogP contribution in [0.25, 0.3) is 11.1 Å². The Labute approximate surface area is 227 Å². The molecule has 0 bridgehead atoms. The van der Waals surface area contributed by atoms with Gasteiger partial charge in [-0.2, -0.15) is 0 Å². The monoisotopic (exact) mass is 520 g/mol. The molecule has 206 valence electrons. The van der Waals surface area contributed by atoms with Crippen LogP contribution in [0.3, 0.4) is 0 Å². The van der Waals surface area contributed by atoms with Crippen LogP contribution in [-0.2, 0) is 0 Å². The van der Waals surface area contributed by atoms with Crippen LogP contribution in [0.1, 0.15) is 125 Å². The molecule has 2 saturated heterocycles. The lowest BCUT2D eigenvalue weighted by molar-refractivity contribution is 0.0685. The van der Waals surface area contributed by atoms with Gasteiger partial charge in [0.1, 0.15) is 0 Å². The molecule has 2 aromatic carbocycles. The summed E-state index contributed by atoms with van der Waals surface area (Å²) in [7, 11) is 0. The summed E-state index contributed by atoms with van der Waals surface area (Å²) in [5.41, 5.74) is 4.21. The highest BCUT2D eigenvalue weighted by Crippen LogP contribution is 2.47. The first-order valence-electron chi connectivity index (χ1n) is 13.7. The third-order valence-corrected chi connectivity index (χ3v) is 8.15. The molecule has 4 N–H and O–H groups in total. The van der Waals surface area contributed by atoms with Crippen LogP contribution in [0.2, 0.25) is 0 Å². The predicted octanol–water partition coefficient (Wildman–Crippen LogP) is 6.80.